The quantitative estimate of drug-likeness (QED) is 0.191. The van der Waals surface area contributed by atoms with Crippen molar-refractivity contribution in [1.29, 1.82) is 0 Å². The van der Waals surface area contributed by atoms with Gasteiger partial charge < -0.3 is 39.4 Å². The monoisotopic (exact) mass is 770 g/mol. The number of aliphatic hydroxyl groups is 4. The Kier molecular flexibility index (Phi) is 8.68. The van der Waals surface area contributed by atoms with Gasteiger partial charge in [0.15, 0.2) is 11.6 Å². The highest BCUT2D eigenvalue weighted by atomic mass is 16.7. The average molecular weight is 771 g/mol. The molecule has 4 N–H and O–H groups in total. The fraction of sp³-hybridized carbons (Fsp3) is 0.833. The minimum Gasteiger partial charge on any atom is -0.392 e. The summed E-state index contributed by atoms with van der Waals surface area (Å²) in [5.41, 5.74) is 1.40. The third-order valence-electron chi connectivity index (χ3n) is 19.3. The molecule has 12 rings (SSSR count). The van der Waals surface area contributed by atoms with Gasteiger partial charge in [0.25, 0.3) is 0 Å². The predicted octanol–water partition coefficient (Wildman–Crippen LogP) is 6.32. The van der Waals surface area contributed by atoms with Crippen molar-refractivity contribution >= 4 is 0 Å². The van der Waals surface area contributed by atoms with Gasteiger partial charge in [-0.2, -0.15) is 0 Å². The van der Waals surface area contributed by atoms with Crippen LogP contribution in [0.15, 0.2) is 35.5 Å². The first-order valence-corrected chi connectivity index (χ1v) is 22.8. The lowest BCUT2D eigenvalue weighted by atomic mass is 9.49. The second-order valence-electron chi connectivity index (χ2n) is 21.2. The van der Waals surface area contributed by atoms with Gasteiger partial charge in [0, 0.05) is 42.4 Å². The van der Waals surface area contributed by atoms with Crippen LogP contribution in [-0.2, 0) is 18.9 Å². The zero-order valence-corrected chi connectivity index (χ0v) is 33.8. The average Bonchev–Trinajstić information content (AvgIpc) is 4.05. The molecule has 2 spiro atoms. The first-order valence-electron chi connectivity index (χ1n) is 22.8. The molecule has 12 unspecified atom stereocenters. The van der Waals surface area contributed by atoms with Crippen molar-refractivity contribution in [2.45, 2.75) is 127 Å². The summed E-state index contributed by atoms with van der Waals surface area (Å²) in [6.45, 7) is 7.46. The van der Waals surface area contributed by atoms with Crippen LogP contribution in [0.3, 0.4) is 0 Å². The van der Waals surface area contributed by atoms with Crippen molar-refractivity contribution in [3.8, 4) is 11.8 Å². The summed E-state index contributed by atoms with van der Waals surface area (Å²) in [7, 11) is 0. The molecule has 10 aliphatic carbocycles. The molecule has 0 bridgehead atoms. The molecule has 2 saturated heterocycles. The molecule has 0 aromatic rings. The molecule has 0 radical (unpaired) electrons. The van der Waals surface area contributed by atoms with Gasteiger partial charge in [0.2, 0.25) is 0 Å². The first-order chi connectivity index (χ1) is 27.0. The van der Waals surface area contributed by atoms with Crippen LogP contribution in [-0.4, -0.2) is 82.8 Å². The smallest absolute Gasteiger partial charge is 0.172 e. The molecule has 8 saturated carbocycles. The van der Waals surface area contributed by atoms with E-state index in [1.54, 1.807) is 17.2 Å². The minimum atomic E-state index is -0.901. The van der Waals surface area contributed by atoms with Crippen molar-refractivity contribution < 1.29 is 39.4 Å². The van der Waals surface area contributed by atoms with Crippen molar-refractivity contribution in [2.24, 2.45) is 81.8 Å². The van der Waals surface area contributed by atoms with E-state index in [0.29, 0.717) is 59.2 Å². The Hall–Kier alpha value is -1.54. The molecule has 2 heterocycles. The lowest BCUT2D eigenvalue weighted by Crippen LogP contribution is -2.55. The van der Waals surface area contributed by atoms with E-state index in [2.05, 4.69) is 37.8 Å². The van der Waals surface area contributed by atoms with Gasteiger partial charge in [-0.3, -0.25) is 0 Å². The molecule has 0 aromatic carbocycles. The van der Waals surface area contributed by atoms with Gasteiger partial charge in [-0.1, -0.05) is 61.1 Å². The summed E-state index contributed by atoms with van der Waals surface area (Å²) < 4.78 is 24.0. The Morgan fingerprint density at radius 1 is 0.661 bits per heavy atom. The fourth-order valence-electron chi connectivity index (χ4n) is 17.0. The fourth-order valence-corrected chi connectivity index (χ4v) is 17.0. The normalized spacial score (nSPS) is 53.0. The van der Waals surface area contributed by atoms with Gasteiger partial charge in [-0.05, 0) is 129 Å². The number of rotatable bonds is 2. The van der Waals surface area contributed by atoms with Gasteiger partial charge in [-0.25, -0.2) is 0 Å². The molecule has 16 atom stereocenters. The Morgan fingerprint density at radius 2 is 1.18 bits per heavy atom. The maximum Gasteiger partial charge on any atom is 0.172 e. The molecule has 56 heavy (non-hydrogen) atoms. The summed E-state index contributed by atoms with van der Waals surface area (Å²) in [6, 6.07) is 0. The number of aliphatic hydroxyl groups excluding tert-OH is 2. The van der Waals surface area contributed by atoms with Crippen LogP contribution in [0.4, 0.5) is 0 Å². The highest BCUT2D eigenvalue weighted by Crippen LogP contribution is 2.77. The number of fused-ring (bicyclic) bond motifs is 14. The van der Waals surface area contributed by atoms with Crippen LogP contribution in [0.5, 0.6) is 0 Å². The predicted molar refractivity (Wildman–Crippen MR) is 209 cm³/mol. The van der Waals surface area contributed by atoms with Crippen molar-refractivity contribution in [3.05, 3.63) is 35.5 Å². The molecular weight excluding hydrogens is 705 g/mol. The Balaban J connectivity index is 0.000000130. The largest absolute Gasteiger partial charge is 0.392 e. The van der Waals surface area contributed by atoms with E-state index < -0.39 is 11.2 Å². The lowest BCUT2D eigenvalue weighted by Gasteiger charge is -2.57. The molecule has 8 nitrogen and oxygen atoms in total. The molecule has 0 amide bonds. The van der Waals surface area contributed by atoms with E-state index in [-0.39, 0.29) is 35.6 Å². The lowest BCUT2D eigenvalue weighted by molar-refractivity contribution is -0.178. The Morgan fingerprint density at radius 3 is 1.73 bits per heavy atom. The Labute approximate surface area is 333 Å². The zero-order chi connectivity index (χ0) is 38.3. The van der Waals surface area contributed by atoms with Crippen LogP contribution >= 0.6 is 0 Å². The molecule has 0 aromatic heterocycles. The van der Waals surface area contributed by atoms with Gasteiger partial charge >= 0.3 is 0 Å². The van der Waals surface area contributed by atoms with Crippen molar-refractivity contribution in [3.63, 3.8) is 0 Å². The molecule has 306 valence electrons. The number of hydrogen-bond acceptors (Lipinski definition) is 8. The number of allylic oxidation sites excluding steroid dienone is 2. The third kappa shape index (κ3) is 5.14. The topological polar surface area (TPSA) is 118 Å². The highest BCUT2D eigenvalue weighted by molar-refractivity contribution is 5.36. The van der Waals surface area contributed by atoms with E-state index in [0.717, 1.165) is 96.1 Å². The highest BCUT2D eigenvalue weighted by Gasteiger charge is 2.76. The number of hydrogen-bond donors (Lipinski definition) is 4. The molecule has 12 aliphatic rings. The summed E-state index contributed by atoms with van der Waals surface area (Å²) >= 11 is 0. The molecule has 10 fully saturated rings. The van der Waals surface area contributed by atoms with E-state index in [4.69, 9.17) is 18.9 Å². The van der Waals surface area contributed by atoms with E-state index in [1.807, 2.05) is 6.08 Å². The van der Waals surface area contributed by atoms with Crippen molar-refractivity contribution in [1.82, 2.24) is 0 Å². The molecule has 2 aliphatic heterocycles. The van der Waals surface area contributed by atoms with Gasteiger partial charge in [0.05, 0.1) is 38.6 Å². The third-order valence-corrected chi connectivity index (χ3v) is 19.3. The van der Waals surface area contributed by atoms with E-state index >= 15 is 0 Å². The second-order valence-corrected chi connectivity index (χ2v) is 21.2. The van der Waals surface area contributed by atoms with E-state index in [9.17, 15) is 20.4 Å². The van der Waals surface area contributed by atoms with Crippen molar-refractivity contribution in [2.75, 3.05) is 39.6 Å². The van der Waals surface area contributed by atoms with Gasteiger partial charge in [0.1, 0.15) is 12.2 Å². The summed E-state index contributed by atoms with van der Waals surface area (Å²) in [5, 5.41) is 41.8. The SMILES string of the molecule is C[C@]12CCC3C4CCC5(CC4=CCC3C1C1CC1[C@@]2(O)/C=C\CO)OCCO5.C[C@]12CCC3C4CCC5(CC4=CCC3C1C1CC1[C@@]2(O)C#CCO)OCCO5. The first kappa shape index (κ1) is 37.5. The van der Waals surface area contributed by atoms with Gasteiger partial charge in [-0.15, -0.1) is 0 Å². The maximum atomic E-state index is 11.7. The van der Waals surface area contributed by atoms with E-state index in [1.165, 1.54) is 32.1 Å². The number of ether oxygens (including phenoxy) is 4. The second kappa shape index (κ2) is 13.0. The van der Waals surface area contributed by atoms with Crippen LogP contribution in [0.25, 0.3) is 0 Å². The van der Waals surface area contributed by atoms with Crippen LogP contribution < -0.4 is 0 Å². The molecular formula is C48H66O8. The summed E-state index contributed by atoms with van der Waals surface area (Å²) in [5.74, 6) is 12.8. The summed E-state index contributed by atoms with van der Waals surface area (Å²) in [6.07, 6.45) is 24.3. The molecule has 8 heteroatoms. The van der Waals surface area contributed by atoms with Crippen LogP contribution in [0.2, 0.25) is 0 Å². The summed E-state index contributed by atoms with van der Waals surface area (Å²) in [4.78, 5) is 0. The zero-order valence-electron chi connectivity index (χ0n) is 33.8. The minimum absolute atomic E-state index is 0.0204. The Bertz CT molecular complexity index is 1750. The maximum absolute atomic E-state index is 11.7. The standard InChI is InChI=1S/C24H34O4.C24H32O4/c2*1-22-8-5-17-16-6-9-23(27-11-12-28-23)14-15(16)3-4-18(17)21(22)19-13-20(19)24(22,26)7-2-10-25/h2-3,7,16-21,25-26H,4-6,8-14H2,1H3;3,16-21,25-26H,4-6,8-14H2,1H3/b7-2-;/t2*16?,17?,18?,19?,20?,21?,22-,24-/m00/s1. The van der Waals surface area contributed by atoms with Crippen LogP contribution in [0.1, 0.15) is 104 Å². The van der Waals surface area contributed by atoms with Crippen LogP contribution in [0, 0.1) is 93.7 Å².